The zero-order valence-electron chi connectivity index (χ0n) is 14.1. The normalized spacial score (nSPS) is 21.2. The van der Waals surface area contributed by atoms with Crippen LogP contribution in [0.3, 0.4) is 0 Å². The van der Waals surface area contributed by atoms with Crippen LogP contribution in [0.25, 0.3) is 0 Å². The molecule has 0 N–H and O–H groups in total. The van der Waals surface area contributed by atoms with Gasteiger partial charge in [-0.3, -0.25) is 4.90 Å². The van der Waals surface area contributed by atoms with Gasteiger partial charge >= 0.3 is 6.18 Å². The number of likely N-dealkylation sites (tertiary alicyclic amines) is 1. The molecule has 1 aromatic rings. The van der Waals surface area contributed by atoms with Gasteiger partial charge in [-0.05, 0) is 56.7 Å². The predicted molar refractivity (Wildman–Crippen MR) is 88.5 cm³/mol. The Labute approximate surface area is 144 Å². The lowest BCUT2D eigenvalue weighted by Crippen LogP contribution is -2.47. The van der Waals surface area contributed by atoms with E-state index in [4.69, 9.17) is 4.74 Å². The second-order valence-electron chi connectivity index (χ2n) is 7.09. The van der Waals surface area contributed by atoms with Crippen LogP contribution in [0.4, 0.5) is 13.2 Å². The third-order valence-corrected chi connectivity index (χ3v) is 6.50. The Bertz CT molecular complexity index is 559. The maximum absolute atomic E-state index is 12.8. The number of aromatic nitrogens is 2. The largest absolute Gasteiger partial charge is 0.476 e. The number of nitrogens with zero attached hydrogens (tertiary/aromatic N) is 3. The molecule has 0 bridgehead atoms. The summed E-state index contributed by atoms with van der Waals surface area (Å²) in [6.07, 6.45) is -2.00. The molecule has 0 radical (unpaired) electrons. The standard InChI is InChI=1S/C16H24F3N3OS/c1-12(2)22-14(9-13(20-22)16(17,18)19)23-8-7-21-5-3-15(4-6-21)10-24-11-15/h9,12H,3-8,10-11H2,1-2H3. The van der Waals surface area contributed by atoms with Crippen LogP contribution < -0.4 is 4.74 Å². The number of thioether (sulfide) groups is 1. The van der Waals surface area contributed by atoms with Crippen LogP contribution in [0, 0.1) is 5.41 Å². The van der Waals surface area contributed by atoms with Crippen molar-refractivity contribution in [1.82, 2.24) is 14.7 Å². The highest BCUT2D eigenvalue weighted by atomic mass is 32.2. The first-order chi connectivity index (χ1) is 11.3. The first-order valence-electron chi connectivity index (χ1n) is 8.39. The molecular formula is C16H24F3N3OS. The van der Waals surface area contributed by atoms with E-state index in [1.54, 1.807) is 13.8 Å². The zero-order valence-corrected chi connectivity index (χ0v) is 14.9. The van der Waals surface area contributed by atoms with Crippen molar-refractivity contribution in [2.45, 2.75) is 38.9 Å². The summed E-state index contributed by atoms with van der Waals surface area (Å²) in [5.41, 5.74) is -0.325. The Morgan fingerprint density at radius 3 is 2.46 bits per heavy atom. The van der Waals surface area contributed by atoms with Gasteiger partial charge in [0.15, 0.2) is 5.69 Å². The monoisotopic (exact) mass is 363 g/mol. The minimum absolute atomic E-state index is 0.179. The van der Waals surface area contributed by atoms with Crippen molar-refractivity contribution < 1.29 is 17.9 Å². The van der Waals surface area contributed by atoms with E-state index >= 15 is 0 Å². The summed E-state index contributed by atoms with van der Waals surface area (Å²) in [7, 11) is 0. The molecule has 1 aromatic heterocycles. The van der Waals surface area contributed by atoms with E-state index < -0.39 is 11.9 Å². The van der Waals surface area contributed by atoms with Crippen LogP contribution in [-0.2, 0) is 6.18 Å². The van der Waals surface area contributed by atoms with Gasteiger partial charge in [-0.15, -0.1) is 0 Å². The molecule has 3 heterocycles. The number of halogens is 3. The minimum atomic E-state index is -4.44. The van der Waals surface area contributed by atoms with Gasteiger partial charge in [-0.25, -0.2) is 4.68 Å². The van der Waals surface area contributed by atoms with Crippen molar-refractivity contribution in [2.24, 2.45) is 5.41 Å². The van der Waals surface area contributed by atoms with Crippen molar-refractivity contribution in [3.63, 3.8) is 0 Å². The van der Waals surface area contributed by atoms with Gasteiger partial charge in [0.2, 0.25) is 5.88 Å². The Morgan fingerprint density at radius 2 is 1.96 bits per heavy atom. The van der Waals surface area contributed by atoms with E-state index in [9.17, 15) is 13.2 Å². The highest BCUT2D eigenvalue weighted by Gasteiger charge is 2.40. The molecule has 0 amide bonds. The summed E-state index contributed by atoms with van der Waals surface area (Å²) in [5.74, 6) is 2.76. The Hall–Kier alpha value is -0.890. The molecule has 2 aliphatic heterocycles. The molecule has 4 nitrogen and oxygen atoms in total. The summed E-state index contributed by atoms with van der Waals surface area (Å²) in [4.78, 5) is 2.34. The summed E-state index contributed by atoms with van der Waals surface area (Å²) in [6, 6.07) is 0.818. The van der Waals surface area contributed by atoms with Crippen LogP contribution in [0.15, 0.2) is 6.07 Å². The van der Waals surface area contributed by atoms with E-state index in [0.29, 0.717) is 12.0 Å². The van der Waals surface area contributed by atoms with Crippen LogP contribution in [0.5, 0.6) is 5.88 Å². The number of piperidine rings is 1. The number of rotatable bonds is 5. The zero-order chi connectivity index (χ0) is 17.4. The molecule has 0 atom stereocenters. The molecule has 1 spiro atoms. The van der Waals surface area contributed by atoms with Gasteiger partial charge in [-0.1, -0.05) is 0 Å². The second kappa shape index (κ2) is 6.78. The van der Waals surface area contributed by atoms with E-state index in [2.05, 4.69) is 10.00 Å². The van der Waals surface area contributed by atoms with Crippen LogP contribution in [-0.4, -0.2) is 52.4 Å². The summed E-state index contributed by atoms with van der Waals surface area (Å²) in [6.45, 7) is 6.83. The van der Waals surface area contributed by atoms with Gasteiger partial charge in [0, 0.05) is 12.6 Å². The lowest BCUT2D eigenvalue weighted by Gasteiger charge is -2.47. The highest BCUT2D eigenvalue weighted by molar-refractivity contribution is 8.00. The fourth-order valence-corrected chi connectivity index (χ4v) is 4.56. The molecule has 24 heavy (non-hydrogen) atoms. The van der Waals surface area contributed by atoms with E-state index in [0.717, 1.165) is 25.7 Å². The first-order valence-corrected chi connectivity index (χ1v) is 9.54. The average molecular weight is 363 g/mol. The fraction of sp³-hybridized carbons (Fsp3) is 0.812. The van der Waals surface area contributed by atoms with Gasteiger partial charge in [0.05, 0.1) is 6.04 Å². The molecule has 0 saturated carbocycles. The molecule has 0 unspecified atom stereocenters. The third-order valence-electron chi connectivity index (χ3n) is 4.87. The molecule has 0 aliphatic carbocycles. The fourth-order valence-electron chi connectivity index (χ4n) is 3.20. The lowest BCUT2D eigenvalue weighted by molar-refractivity contribution is -0.141. The lowest BCUT2D eigenvalue weighted by atomic mass is 9.81. The number of hydrogen-bond donors (Lipinski definition) is 0. The molecule has 2 aliphatic rings. The Kier molecular flexibility index (Phi) is 5.06. The summed E-state index contributed by atoms with van der Waals surface area (Å²) >= 11 is 2.02. The van der Waals surface area contributed by atoms with Crippen molar-refractivity contribution >= 4 is 11.8 Å². The molecule has 3 rings (SSSR count). The quantitative estimate of drug-likeness (QED) is 0.798. The van der Waals surface area contributed by atoms with Crippen LogP contribution in [0.2, 0.25) is 0 Å². The molecule has 2 saturated heterocycles. The van der Waals surface area contributed by atoms with Crippen molar-refractivity contribution in [3.8, 4) is 5.88 Å². The van der Waals surface area contributed by atoms with Crippen molar-refractivity contribution in [1.29, 1.82) is 0 Å². The van der Waals surface area contributed by atoms with Crippen molar-refractivity contribution in [3.05, 3.63) is 11.8 Å². The maximum Gasteiger partial charge on any atom is 0.435 e. The first kappa shape index (κ1) is 17.9. The number of hydrogen-bond acceptors (Lipinski definition) is 4. The van der Waals surface area contributed by atoms with Crippen LogP contribution in [0.1, 0.15) is 38.4 Å². The summed E-state index contributed by atoms with van der Waals surface area (Å²) < 4.78 is 45.4. The van der Waals surface area contributed by atoms with Gasteiger partial charge < -0.3 is 4.74 Å². The molecule has 8 heteroatoms. The van der Waals surface area contributed by atoms with E-state index in [-0.39, 0.29) is 11.9 Å². The highest BCUT2D eigenvalue weighted by Crippen LogP contribution is 2.45. The molecule has 2 fully saturated rings. The predicted octanol–water partition coefficient (Wildman–Crippen LogP) is 3.69. The van der Waals surface area contributed by atoms with Gasteiger partial charge in [0.1, 0.15) is 6.61 Å². The minimum Gasteiger partial charge on any atom is -0.476 e. The number of alkyl halides is 3. The number of ether oxygens (including phenoxy) is 1. The maximum atomic E-state index is 12.8. The third kappa shape index (κ3) is 3.85. The topological polar surface area (TPSA) is 30.3 Å². The molecule has 136 valence electrons. The van der Waals surface area contributed by atoms with Gasteiger partial charge in [-0.2, -0.15) is 30.0 Å². The van der Waals surface area contributed by atoms with Crippen LogP contribution >= 0.6 is 11.8 Å². The average Bonchev–Trinajstić information content (AvgIpc) is 2.91. The SMILES string of the molecule is CC(C)n1nc(C(F)(F)F)cc1OCCN1CCC2(CC1)CSC2. The smallest absolute Gasteiger partial charge is 0.435 e. The second-order valence-corrected chi connectivity index (χ2v) is 8.07. The van der Waals surface area contributed by atoms with E-state index in [1.807, 2.05) is 11.8 Å². The Balaban J connectivity index is 1.52. The summed E-state index contributed by atoms with van der Waals surface area (Å²) in [5, 5.41) is 3.63. The Morgan fingerprint density at radius 1 is 1.29 bits per heavy atom. The molecular weight excluding hydrogens is 339 g/mol. The van der Waals surface area contributed by atoms with Crippen molar-refractivity contribution in [2.75, 3.05) is 37.7 Å². The molecule has 0 aromatic carbocycles. The van der Waals surface area contributed by atoms with Gasteiger partial charge in [0.25, 0.3) is 0 Å². The van der Waals surface area contributed by atoms with E-state index in [1.165, 1.54) is 29.0 Å².